The molecule has 0 heterocycles. The number of rotatable bonds is 4. The van der Waals surface area contributed by atoms with Gasteiger partial charge in [0.05, 0.1) is 10.7 Å². The highest BCUT2D eigenvalue weighted by molar-refractivity contribution is 6.33. The largest absolute Gasteiger partial charge is 0.357 e. The number of anilines is 2. The molecule has 0 atom stereocenters. The molecule has 0 aliphatic heterocycles. The van der Waals surface area contributed by atoms with Gasteiger partial charge in [-0.05, 0) is 44.4 Å². The van der Waals surface area contributed by atoms with Gasteiger partial charge in [0.15, 0.2) is 5.78 Å². The highest BCUT2D eigenvalue weighted by Gasteiger charge is 2.22. The van der Waals surface area contributed by atoms with Crippen LogP contribution in [0.3, 0.4) is 0 Å². The van der Waals surface area contributed by atoms with Gasteiger partial charge < -0.3 is 10.6 Å². The van der Waals surface area contributed by atoms with Gasteiger partial charge in [-0.1, -0.05) is 30.9 Å². The first-order chi connectivity index (χ1) is 11.5. The van der Waals surface area contributed by atoms with Crippen molar-refractivity contribution in [3.63, 3.8) is 0 Å². The van der Waals surface area contributed by atoms with E-state index in [-0.39, 0.29) is 17.6 Å². The Labute approximate surface area is 147 Å². The van der Waals surface area contributed by atoms with Crippen molar-refractivity contribution in [2.75, 3.05) is 10.6 Å². The molecule has 0 spiro atoms. The maximum Gasteiger partial charge on any atom is 0.227 e. The zero-order valence-corrected chi connectivity index (χ0v) is 14.7. The van der Waals surface area contributed by atoms with E-state index in [1.807, 2.05) is 19.1 Å². The monoisotopic (exact) mass is 346 g/mol. The van der Waals surface area contributed by atoms with E-state index in [2.05, 4.69) is 10.6 Å². The van der Waals surface area contributed by atoms with Crippen molar-refractivity contribution in [1.82, 2.24) is 0 Å². The van der Waals surface area contributed by atoms with Crippen LogP contribution in [0, 0.1) is 5.92 Å². The molecule has 0 radical (unpaired) electrons. The van der Waals surface area contributed by atoms with Gasteiger partial charge in [0.25, 0.3) is 0 Å². The van der Waals surface area contributed by atoms with Crippen molar-refractivity contribution in [2.45, 2.75) is 51.9 Å². The summed E-state index contributed by atoms with van der Waals surface area (Å²) < 4.78 is 0. The quantitative estimate of drug-likeness (QED) is 0.814. The van der Waals surface area contributed by atoms with Crippen LogP contribution in [0.4, 0.5) is 11.4 Å². The van der Waals surface area contributed by atoms with Crippen molar-refractivity contribution in [3.8, 4) is 0 Å². The minimum atomic E-state index is 0.0920. The number of amides is 1. The van der Waals surface area contributed by atoms with E-state index < -0.39 is 0 Å². The molecule has 128 valence electrons. The van der Waals surface area contributed by atoms with E-state index in [1.165, 1.54) is 6.42 Å². The topological polar surface area (TPSA) is 58.2 Å². The molecule has 2 aliphatic carbocycles. The second-order valence-corrected chi connectivity index (χ2v) is 7.08. The number of halogens is 1. The molecule has 2 N–H and O–H groups in total. The number of carbonyl (C=O) groups excluding carboxylic acids is 2. The van der Waals surface area contributed by atoms with Gasteiger partial charge in [-0.25, -0.2) is 0 Å². The van der Waals surface area contributed by atoms with Crippen LogP contribution in [0.5, 0.6) is 0 Å². The van der Waals surface area contributed by atoms with Crippen LogP contribution >= 0.6 is 11.6 Å². The molecule has 24 heavy (non-hydrogen) atoms. The Kier molecular flexibility index (Phi) is 5.24. The first-order valence-electron chi connectivity index (χ1n) is 8.65. The average Bonchev–Trinajstić information content (AvgIpc) is 2.90. The Bertz CT molecular complexity index is 691. The fourth-order valence-corrected chi connectivity index (χ4v) is 3.57. The van der Waals surface area contributed by atoms with E-state index in [1.54, 1.807) is 6.07 Å². The summed E-state index contributed by atoms with van der Waals surface area (Å²) in [6.45, 7) is 1.83. The van der Waals surface area contributed by atoms with Crippen LogP contribution in [0.2, 0.25) is 5.02 Å². The normalized spacial score (nSPS) is 18.8. The van der Waals surface area contributed by atoms with E-state index in [0.717, 1.165) is 48.3 Å². The Morgan fingerprint density at radius 3 is 2.58 bits per heavy atom. The maximum atomic E-state index is 12.4. The summed E-state index contributed by atoms with van der Waals surface area (Å²) in [7, 11) is 0. The molecule has 5 heteroatoms. The molecule has 1 fully saturated rings. The van der Waals surface area contributed by atoms with Gasteiger partial charge in [0.1, 0.15) is 0 Å². The lowest BCUT2D eigenvalue weighted by Gasteiger charge is -2.21. The minimum Gasteiger partial charge on any atom is -0.357 e. The van der Waals surface area contributed by atoms with E-state index >= 15 is 0 Å². The van der Waals surface area contributed by atoms with Crippen LogP contribution in [-0.2, 0) is 9.59 Å². The fourth-order valence-electron chi connectivity index (χ4n) is 3.41. The first kappa shape index (κ1) is 17.0. The summed E-state index contributed by atoms with van der Waals surface area (Å²) in [6, 6.07) is 5.43. The lowest BCUT2D eigenvalue weighted by atomic mass is 9.88. The first-order valence-corrected chi connectivity index (χ1v) is 9.03. The predicted octanol–water partition coefficient (Wildman–Crippen LogP) is 4.91. The van der Waals surface area contributed by atoms with Crippen LogP contribution in [-0.4, -0.2) is 11.7 Å². The molecule has 0 bridgehead atoms. The molecule has 4 nitrogen and oxygen atoms in total. The van der Waals surface area contributed by atoms with Crippen molar-refractivity contribution in [2.24, 2.45) is 5.92 Å². The molecule has 0 unspecified atom stereocenters. The maximum absolute atomic E-state index is 12.4. The summed E-state index contributed by atoms with van der Waals surface area (Å²) in [6.07, 6.45) is 6.69. The third kappa shape index (κ3) is 3.81. The predicted molar refractivity (Wildman–Crippen MR) is 97.2 cm³/mol. The molecular weight excluding hydrogens is 324 g/mol. The Morgan fingerprint density at radius 2 is 1.92 bits per heavy atom. The van der Waals surface area contributed by atoms with E-state index in [9.17, 15) is 9.59 Å². The van der Waals surface area contributed by atoms with Crippen molar-refractivity contribution >= 4 is 34.7 Å². The number of hydrogen-bond donors (Lipinski definition) is 2. The Hall–Kier alpha value is -1.81. The van der Waals surface area contributed by atoms with Crippen molar-refractivity contribution in [3.05, 3.63) is 34.5 Å². The number of hydrogen-bond acceptors (Lipinski definition) is 3. The molecule has 1 amide bonds. The highest BCUT2D eigenvalue weighted by atomic mass is 35.5. The number of carbonyl (C=O) groups is 2. The lowest BCUT2D eigenvalue weighted by Crippen LogP contribution is -2.24. The Balaban J connectivity index is 1.71. The zero-order valence-electron chi connectivity index (χ0n) is 14.0. The van der Waals surface area contributed by atoms with Gasteiger partial charge >= 0.3 is 0 Å². The molecular formula is C19H23ClN2O2. The Morgan fingerprint density at radius 1 is 1.17 bits per heavy atom. The second kappa shape index (κ2) is 7.39. The zero-order chi connectivity index (χ0) is 17.1. The summed E-state index contributed by atoms with van der Waals surface area (Å²) in [5, 5.41) is 6.84. The SMILES string of the molecule is CC1=C(Nc2cc(NC(=O)C3CCCCC3)ccc2Cl)CCC1=O. The summed E-state index contributed by atoms with van der Waals surface area (Å²) in [5.41, 5.74) is 3.14. The molecule has 1 aromatic rings. The van der Waals surface area contributed by atoms with Gasteiger partial charge in [-0.2, -0.15) is 0 Å². The minimum absolute atomic E-state index is 0.0920. The van der Waals surface area contributed by atoms with Gasteiger partial charge in [-0.3, -0.25) is 9.59 Å². The lowest BCUT2D eigenvalue weighted by molar-refractivity contribution is -0.120. The highest BCUT2D eigenvalue weighted by Crippen LogP contribution is 2.31. The van der Waals surface area contributed by atoms with Crippen LogP contribution in [0.25, 0.3) is 0 Å². The van der Waals surface area contributed by atoms with Gasteiger partial charge in [-0.15, -0.1) is 0 Å². The van der Waals surface area contributed by atoms with E-state index in [0.29, 0.717) is 17.9 Å². The third-order valence-corrected chi connectivity index (χ3v) is 5.30. The molecule has 1 saturated carbocycles. The number of allylic oxidation sites excluding steroid dienone is 2. The van der Waals surface area contributed by atoms with E-state index in [4.69, 9.17) is 11.6 Å². The molecule has 3 rings (SSSR count). The smallest absolute Gasteiger partial charge is 0.227 e. The number of Topliss-reactive ketones (excluding diaryl/α,β-unsaturated/α-hetero) is 1. The van der Waals surface area contributed by atoms with Crippen LogP contribution in [0.1, 0.15) is 51.9 Å². The standard InChI is InChI=1S/C19H23ClN2O2/c1-12-16(9-10-18(12)23)22-17-11-14(7-8-15(17)20)21-19(24)13-5-3-2-4-6-13/h7-8,11,13,22H,2-6,9-10H2,1H3,(H,21,24). The summed E-state index contributed by atoms with van der Waals surface area (Å²) in [5.74, 6) is 0.382. The number of benzene rings is 1. The summed E-state index contributed by atoms with van der Waals surface area (Å²) in [4.78, 5) is 24.0. The van der Waals surface area contributed by atoms with Crippen LogP contribution in [0.15, 0.2) is 29.5 Å². The molecule has 1 aromatic carbocycles. The number of ketones is 1. The third-order valence-electron chi connectivity index (χ3n) is 4.97. The van der Waals surface area contributed by atoms with Gasteiger partial charge in [0, 0.05) is 29.3 Å². The van der Waals surface area contributed by atoms with Gasteiger partial charge in [0.2, 0.25) is 5.91 Å². The molecule has 0 aromatic heterocycles. The molecule has 2 aliphatic rings. The fraction of sp³-hybridized carbons (Fsp3) is 0.474. The van der Waals surface area contributed by atoms with Crippen LogP contribution < -0.4 is 10.6 Å². The average molecular weight is 347 g/mol. The second-order valence-electron chi connectivity index (χ2n) is 6.67. The number of nitrogens with one attached hydrogen (secondary N) is 2. The molecule has 0 saturated heterocycles. The van der Waals surface area contributed by atoms with Crippen molar-refractivity contribution in [1.29, 1.82) is 0 Å². The summed E-state index contributed by atoms with van der Waals surface area (Å²) >= 11 is 6.26. The van der Waals surface area contributed by atoms with Crippen molar-refractivity contribution < 1.29 is 9.59 Å².